The van der Waals surface area contributed by atoms with Gasteiger partial charge >= 0.3 is 5.97 Å². The Bertz CT molecular complexity index is 388. The van der Waals surface area contributed by atoms with Crippen LogP contribution in [0, 0.1) is 0 Å². The molecular weight excluding hydrogens is 228 g/mol. The molecule has 1 N–H and O–H groups in total. The Labute approximate surface area is 99.3 Å². The number of para-hydroxylation sites is 1. The van der Waals surface area contributed by atoms with Crippen LogP contribution >= 0.6 is 11.6 Å². The maximum Gasteiger partial charge on any atom is 0.327 e. The number of halogens is 1. The van der Waals surface area contributed by atoms with Crippen LogP contribution < -0.4 is 4.74 Å². The van der Waals surface area contributed by atoms with Crippen LogP contribution in [0.25, 0.3) is 0 Å². The normalized spacial score (nSPS) is 12.6. The molecule has 3 nitrogen and oxygen atoms in total. The number of rotatable bonds is 5. The number of hydrogen-bond acceptors (Lipinski definition) is 2. The van der Waals surface area contributed by atoms with Crippen LogP contribution in [0.4, 0.5) is 0 Å². The topological polar surface area (TPSA) is 46.5 Å². The molecule has 0 aliphatic carbocycles. The minimum absolute atomic E-state index is 0.115. The van der Waals surface area contributed by atoms with Gasteiger partial charge in [-0.05, 0) is 19.1 Å². The van der Waals surface area contributed by atoms with Crippen molar-refractivity contribution in [3.05, 3.63) is 41.4 Å². The number of carboxylic acids is 1. The smallest absolute Gasteiger partial charge is 0.327 e. The van der Waals surface area contributed by atoms with Gasteiger partial charge in [0.25, 0.3) is 0 Å². The van der Waals surface area contributed by atoms with Crippen molar-refractivity contribution in [2.75, 3.05) is 0 Å². The number of carboxylic acid groups (broad SMARTS) is 1. The van der Waals surface area contributed by atoms with Crippen molar-refractivity contribution in [1.29, 1.82) is 0 Å². The lowest BCUT2D eigenvalue weighted by molar-refractivity contribution is -0.131. The third-order valence-electron chi connectivity index (χ3n) is 1.89. The fourth-order valence-corrected chi connectivity index (χ4v) is 1.35. The molecule has 0 saturated carbocycles. The molecule has 1 atom stereocenters. The van der Waals surface area contributed by atoms with E-state index < -0.39 is 5.97 Å². The predicted octanol–water partition coefficient (Wildman–Crippen LogP) is 3.14. The molecular formula is C12H13ClO3. The second-order valence-electron chi connectivity index (χ2n) is 3.34. The molecule has 0 amide bonds. The molecule has 0 fully saturated rings. The largest absolute Gasteiger partial charge is 0.489 e. The quantitative estimate of drug-likeness (QED) is 0.805. The molecule has 0 aromatic heterocycles. The summed E-state index contributed by atoms with van der Waals surface area (Å²) >= 11 is 5.92. The van der Waals surface area contributed by atoms with Gasteiger partial charge < -0.3 is 9.84 Å². The number of hydrogen-bond donors (Lipinski definition) is 1. The Hall–Kier alpha value is -1.48. The van der Waals surface area contributed by atoms with Crippen molar-refractivity contribution in [2.24, 2.45) is 0 Å². The molecule has 4 heteroatoms. The first-order valence-electron chi connectivity index (χ1n) is 4.90. The fourth-order valence-electron chi connectivity index (χ4n) is 1.17. The molecule has 0 bridgehead atoms. The Balaban J connectivity index is 2.49. The average molecular weight is 241 g/mol. The van der Waals surface area contributed by atoms with Crippen LogP contribution in [0.15, 0.2) is 36.4 Å². The van der Waals surface area contributed by atoms with E-state index in [4.69, 9.17) is 21.4 Å². The summed E-state index contributed by atoms with van der Waals surface area (Å²) in [7, 11) is 0. The van der Waals surface area contributed by atoms with E-state index in [9.17, 15) is 4.79 Å². The summed E-state index contributed by atoms with van der Waals surface area (Å²) in [6.45, 7) is 1.86. The second kappa shape index (κ2) is 6.18. The minimum Gasteiger partial charge on any atom is -0.489 e. The van der Waals surface area contributed by atoms with Gasteiger partial charge in [-0.15, -0.1) is 0 Å². The zero-order valence-corrected chi connectivity index (χ0v) is 9.65. The van der Waals surface area contributed by atoms with Crippen molar-refractivity contribution >= 4 is 17.6 Å². The average Bonchev–Trinajstić information content (AvgIpc) is 2.21. The second-order valence-corrected chi connectivity index (χ2v) is 3.74. The van der Waals surface area contributed by atoms with E-state index in [2.05, 4.69) is 0 Å². The third kappa shape index (κ3) is 4.36. The van der Waals surface area contributed by atoms with Gasteiger partial charge in [0, 0.05) is 12.5 Å². The summed E-state index contributed by atoms with van der Waals surface area (Å²) in [5.74, 6) is -0.342. The van der Waals surface area contributed by atoms with Crippen molar-refractivity contribution in [3.8, 4) is 5.75 Å². The van der Waals surface area contributed by atoms with Crippen LogP contribution in [-0.4, -0.2) is 17.2 Å². The third-order valence-corrected chi connectivity index (χ3v) is 2.21. The minimum atomic E-state index is -0.954. The molecule has 0 aliphatic heterocycles. The lowest BCUT2D eigenvalue weighted by Crippen LogP contribution is -2.10. The molecule has 0 spiro atoms. The highest BCUT2D eigenvalue weighted by Gasteiger charge is 2.05. The monoisotopic (exact) mass is 240 g/mol. The highest BCUT2D eigenvalue weighted by Crippen LogP contribution is 2.24. The summed E-state index contributed by atoms with van der Waals surface area (Å²) in [5.41, 5.74) is 0. The van der Waals surface area contributed by atoms with Crippen LogP contribution in [0.2, 0.25) is 5.02 Å². The first kappa shape index (κ1) is 12.6. The van der Waals surface area contributed by atoms with Crippen LogP contribution in [0.5, 0.6) is 5.75 Å². The van der Waals surface area contributed by atoms with Gasteiger partial charge in [0.1, 0.15) is 5.75 Å². The van der Waals surface area contributed by atoms with E-state index in [1.807, 2.05) is 19.1 Å². The van der Waals surface area contributed by atoms with Gasteiger partial charge in [-0.2, -0.15) is 0 Å². The fraction of sp³-hybridized carbons (Fsp3) is 0.250. The maximum atomic E-state index is 10.2. The number of aliphatic carboxylic acids is 1. The summed E-state index contributed by atoms with van der Waals surface area (Å²) < 4.78 is 5.55. The van der Waals surface area contributed by atoms with Gasteiger partial charge in [-0.3, -0.25) is 0 Å². The van der Waals surface area contributed by atoms with Gasteiger partial charge in [-0.1, -0.05) is 29.8 Å². The maximum absolute atomic E-state index is 10.2. The standard InChI is InChI=1S/C12H13ClO3/c1-9(5-4-8-12(14)15)16-11-7-3-2-6-10(11)13/h2-4,6-9H,5H2,1H3,(H,14,15)/b8-4+. The lowest BCUT2D eigenvalue weighted by atomic mass is 10.2. The van der Waals surface area contributed by atoms with Gasteiger partial charge in [0.15, 0.2) is 0 Å². The molecule has 16 heavy (non-hydrogen) atoms. The van der Waals surface area contributed by atoms with E-state index in [1.165, 1.54) is 0 Å². The van der Waals surface area contributed by atoms with Gasteiger partial charge in [0.2, 0.25) is 0 Å². The molecule has 1 aromatic carbocycles. The van der Waals surface area contributed by atoms with E-state index in [1.54, 1.807) is 18.2 Å². The number of benzene rings is 1. The van der Waals surface area contributed by atoms with Crippen LogP contribution in [-0.2, 0) is 4.79 Å². The number of ether oxygens (including phenoxy) is 1. The first-order chi connectivity index (χ1) is 7.59. The highest BCUT2D eigenvalue weighted by atomic mass is 35.5. The molecule has 0 aliphatic rings. The van der Waals surface area contributed by atoms with Gasteiger partial charge in [-0.25, -0.2) is 4.79 Å². The summed E-state index contributed by atoms with van der Waals surface area (Å²) in [4.78, 5) is 10.2. The Morgan fingerprint density at radius 2 is 2.25 bits per heavy atom. The summed E-state index contributed by atoms with van der Waals surface area (Å²) in [6.07, 6.45) is 3.07. The summed E-state index contributed by atoms with van der Waals surface area (Å²) in [6, 6.07) is 7.18. The van der Waals surface area contributed by atoms with E-state index in [0.717, 1.165) is 6.08 Å². The van der Waals surface area contributed by atoms with E-state index in [-0.39, 0.29) is 6.10 Å². The number of carbonyl (C=O) groups is 1. The zero-order valence-electron chi connectivity index (χ0n) is 8.89. The Morgan fingerprint density at radius 3 is 2.88 bits per heavy atom. The van der Waals surface area contributed by atoms with Crippen molar-refractivity contribution in [3.63, 3.8) is 0 Å². The Kier molecular flexibility index (Phi) is 4.86. The molecule has 86 valence electrons. The lowest BCUT2D eigenvalue weighted by Gasteiger charge is -2.13. The SMILES string of the molecule is CC(C/C=C/C(=O)O)Oc1ccccc1Cl. The van der Waals surface area contributed by atoms with Crippen LogP contribution in [0.3, 0.4) is 0 Å². The first-order valence-corrected chi connectivity index (χ1v) is 5.28. The zero-order chi connectivity index (χ0) is 12.0. The van der Waals surface area contributed by atoms with Crippen LogP contribution in [0.1, 0.15) is 13.3 Å². The van der Waals surface area contributed by atoms with Crippen molar-refractivity contribution < 1.29 is 14.6 Å². The van der Waals surface area contributed by atoms with Crippen molar-refractivity contribution in [1.82, 2.24) is 0 Å². The molecule has 0 radical (unpaired) electrons. The van der Waals surface area contributed by atoms with E-state index in [0.29, 0.717) is 17.2 Å². The molecule has 1 aromatic rings. The highest BCUT2D eigenvalue weighted by molar-refractivity contribution is 6.32. The van der Waals surface area contributed by atoms with Crippen molar-refractivity contribution in [2.45, 2.75) is 19.4 Å². The molecule has 0 heterocycles. The molecule has 1 unspecified atom stereocenters. The summed E-state index contributed by atoms with van der Waals surface area (Å²) in [5, 5.41) is 8.96. The van der Waals surface area contributed by atoms with Gasteiger partial charge in [0.05, 0.1) is 11.1 Å². The van der Waals surface area contributed by atoms with E-state index >= 15 is 0 Å². The molecule has 1 rings (SSSR count). The Morgan fingerprint density at radius 1 is 1.56 bits per heavy atom. The predicted molar refractivity (Wildman–Crippen MR) is 62.9 cm³/mol. The molecule has 0 saturated heterocycles.